The van der Waals surface area contributed by atoms with E-state index in [-0.39, 0.29) is 0 Å². The van der Waals surface area contributed by atoms with Crippen molar-refractivity contribution in [3.05, 3.63) is 39.1 Å². The number of imidazole rings is 1. The Morgan fingerprint density at radius 1 is 1.47 bits per heavy atom. The van der Waals surface area contributed by atoms with Crippen LogP contribution in [0.1, 0.15) is 10.6 Å². The Hall–Kier alpha value is -1.66. The molecule has 0 fully saturated rings. The first-order chi connectivity index (χ1) is 9.19. The van der Waals surface area contributed by atoms with Crippen LogP contribution in [0, 0.1) is 11.7 Å². The van der Waals surface area contributed by atoms with E-state index in [1.807, 2.05) is 30.6 Å². The molecule has 0 saturated heterocycles. The molecule has 1 aromatic carbocycles. The van der Waals surface area contributed by atoms with Crippen molar-refractivity contribution in [2.45, 2.75) is 13.5 Å². The van der Waals surface area contributed by atoms with Gasteiger partial charge >= 0.3 is 0 Å². The number of aromatic nitrogens is 3. The van der Waals surface area contributed by atoms with Crippen LogP contribution >= 0.6 is 23.6 Å². The Labute approximate surface area is 119 Å². The first-order valence-corrected chi connectivity index (χ1v) is 7.13. The van der Waals surface area contributed by atoms with Gasteiger partial charge in [-0.25, -0.2) is 4.98 Å². The summed E-state index contributed by atoms with van der Waals surface area (Å²) in [7, 11) is 1.66. The number of rotatable bonds is 3. The van der Waals surface area contributed by atoms with Gasteiger partial charge in [-0.1, -0.05) is 0 Å². The molecule has 3 rings (SSSR count). The SMILES string of the molecule is COc1ccc2c(c1)[nH]c(=S)n2Cc1scnc1C. The van der Waals surface area contributed by atoms with Gasteiger partial charge in [0.15, 0.2) is 4.77 Å². The minimum atomic E-state index is 0.719. The Morgan fingerprint density at radius 3 is 3.00 bits per heavy atom. The van der Waals surface area contributed by atoms with E-state index in [1.54, 1.807) is 18.4 Å². The van der Waals surface area contributed by atoms with Crippen molar-refractivity contribution in [2.24, 2.45) is 0 Å². The van der Waals surface area contributed by atoms with Crippen molar-refractivity contribution < 1.29 is 4.74 Å². The molecule has 0 aliphatic carbocycles. The lowest BCUT2D eigenvalue weighted by Crippen LogP contribution is -1.99. The van der Waals surface area contributed by atoms with Crippen LogP contribution < -0.4 is 4.74 Å². The molecule has 0 radical (unpaired) electrons. The molecule has 0 aliphatic rings. The quantitative estimate of drug-likeness (QED) is 0.751. The largest absolute Gasteiger partial charge is 0.497 e. The van der Waals surface area contributed by atoms with Crippen molar-refractivity contribution in [2.75, 3.05) is 7.11 Å². The summed E-state index contributed by atoms with van der Waals surface area (Å²) in [6, 6.07) is 5.93. The molecule has 0 spiro atoms. The van der Waals surface area contributed by atoms with Gasteiger partial charge in [-0.2, -0.15) is 0 Å². The number of fused-ring (bicyclic) bond motifs is 1. The summed E-state index contributed by atoms with van der Waals surface area (Å²) in [6.07, 6.45) is 0. The normalized spacial score (nSPS) is 11.1. The zero-order valence-corrected chi connectivity index (χ0v) is 12.3. The van der Waals surface area contributed by atoms with Crippen molar-refractivity contribution in [1.82, 2.24) is 14.5 Å². The number of H-pyrrole nitrogens is 1. The molecule has 0 aliphatic heterocycles. The standard InChI is InChI=1S/C13H13N3OS2/c1-8-12(19-7-14-8)6-16-11-4-3-9(17-2)5-10(11)15-13(16)18/h3-5,7H,6H2,1-2H3,(H,15,18). The van der Waals surface area contributed by atoms with E-state index in [1.165, 1.54) is 4.88 Å². The van der Waals surface area contributed by atoms with Crippen LogP contribution in [-0.4, -0.2) is 21.6 Å². The molecule has 4 nitrogen and oxygen atoms in total. The predicted octanol–water partition coefficient (Wildman–Crippen LogP) is 3.52. The number of aromatic amines is 1. The molecular formula is C13H13N3OS2. The third-order valence-corrected chi connectivity index (χ3v) is 4.37. The summed E-state index contributed by atoms with van der Waals surface area (Å²) in [5.74, 6) is 0.824. The van der Waals surface area contributed by atoms with Gasteiger partial charge in [0, 0.05) is 10.9 Å². The summed E-state index contributed by atoms with van der Waals surface area (Å²) in [6.45, 7) is 2.77. The maximum absolute atomic E-state index is 5.40. The average Bonchev–Trinajstić information content (AvgIpc) is 2.94. The van der Waals surface area contributed by atoms with Crippen LogP contribution in [0.3, 0.4) is 0 Å². The fourth-order valence-corrected chi connectivity index (χ4v) is 3.09. The number of ether oxygens (including phenoxy) is 1. The molecule has 98 valence electrons. The van der Waals surface area contributed by atoms with Crippen LogP contribution in [-0.2, 0) is 6.54 Å². The Balaban J connectivity index is 2.11. The Kier molecular flexibility index (Phi) is 3.12. The fraction of sp³-hybridized carbons (Fsp3) is 0.231. The highest BCUT2D eigenvalue weighted by Gasteiger charge is 2.09. The first-order valence-electron chi connectivity index (χ1n) is 5.84. The lowest BCUT2D eigenvalue weighted by molar-refractivity contribution is 0.415. The number of methoxy groups -OCH3 is 1. The van der Waals surface area contributed by atoms with E-state index >= 15 is 0 Å². The van der Waals surface area contributed by atoms with Crippen molar-refractivity contribution in [3.63, 3.8) is 0 Å². The van der Waals surface area contributed by atoms with Gasteiger partial charge in [-0.15, -0.1) is 11.3 Å². The Bertz CT molecular complexity index is 785. The van der Waals surface area contributed by atoms with Crippen LogP contribution in [0.4, 0.5) is 0 Å². The summed E-state index contributed by atoms with van der Waals surface area (Å²) in [4.78, 5) is 8.72. The topological polar surface area (TPSA) is 42.8 Å². The molecule has 3 aromatic rings. The van der Waals surface area contributed by atoms with Crippen molar-refractivity contribution >= 4 is 34.6 Å². The summed E-state index contributed by atoms with van der Waals surface area (Å²) in [5, 5.41) is 0. The van der Waals surface area contributed by atoms with E-state index < -0.39 is 0 Å². The van der Waals surface area contributed by atoms with E-state index in [0.717, 1.165) is 33.8 Å². The second kappa shape index (κ2) is 4.79. The van der Waals surface area contributed by atoms with Gasteiger partial charge in [0.2, 0.25) is 0 Å². The smallest absolute Gasteiger partial charge is 0.178 e. The highest BCUT2D eigenvalue weighted by Crippen LogP contribution is 2.23. The second-order valence-corrected chi connectivity index (χ2v) is 5.59. The molecular weight excluding hydrogens is 278 g/mol. The van der Waals surface area contributed by atoms with Gasteiger partial charge in [-0.3, -0.25) is 0 Å². The van der Waals surface area contributed by atoms with Gasteiger partial charge in [-0.05, 0) is 31.3 Å². The summed E-state index contributed by atoms with van der Waals surface area (Å²) < 4.78 is 8.03. The molecule has 0 unspecified atom stereocenters. The zero-order chi connectivity index (χ0) is 13.4. The number of thiazole rings is 1. The third kappa shape index (κ3) is 2.17. The zero-order valence-electron chi connectivity index (χ0n) is 10.6. The van der Waals surface area contributed by atoms with Crippen LogP contribution in [0.25, 0.3) is 11.0 Å². The number of hydrogen-bond acceptors (Lipinski definition) is 4. The summed E-state index contributed by atoms with van der Waals surface area (Å²) >= 11 is 7.06. The highest BCUT2D eigenvalue weighted by atomic mass is 32.1. The highest BCUT2D eigenvalue weighted by molar-refractivity contribution is 7.71. The number of hydrogen-bond donors (Lipinski definition) is 1. The van der Waals surface area contributed by atoms with Crippen LogP contribution in [0.15, 0.2) is 23.7 Å². The molecule has 2 aromatic heterocycles. The molecule has 2 heterocycles. The minimum Gasteiger partial charge on any atom is -0.497 e. The van der Waals surface area contributed by atoms with Crippen LogP contribution in [0.2, 0.25) is 0 Å². The average molecular weight is 291 g/mol. The molecule has 0 amide bonds. The van der Waals surface area contributed by atoms with Gasteiger partial charge in [0.25, 0.3) is 0 Å². The second-order valence-electron chi connectivity index (χ2n) is 4.26. The molecule has 0 saturated carbocycles. The predicted molar refractivity (Wildman–Crippen MR) is 79.6 cm³/mol. The Morgan fingerprint density at radius 2 is 2.32 bits per heavy atom. The number of aryl methyl sites for hydroxylation is 1. The molecule has 6 heteroatoms. The number of nitrogens with one attached hydrogen (secondary N) is 1. The van der Waals surface area contributed by atoms with Crippen LogP contribution in [0.5, 0.6) is 5.75 Å². The van der Waals surface area contributed by atoms with E-state index in [2.05, 4.69) is 14.5 Å². The molecule has 0 bridgehead atoms. The van der Waals surface area contributed by atoms with Crippen molar-refractivity contribution in [1.29, 1.82) is 0 Å². The molecule has 1 N–H and O–H groups in total. The maximum atomic E-state index is 5.40. The lowest BCUT2D eigenvalue weighted by Gasteiger charge is -2.04. The third-order valence-electron chi connectivity index (χ3n) is 3.13. The van der Waals surface area contributed by atoms with E-state index in [9.17, 15) is 0 Å². The maximum Gasteiger partial charge on any atom is 0.178 e. The van der Waals surface area contributed by atoms with E-state index in [0.29, 0.717) is 0 Å². The first kappa shape index (κ1) is 12.4. The van der Waals surface area contributed by atoms with Crippen molar-refractivity contribution in [3.8, 4) is 5.75 Å². The van der Waals surface area contributed by atoms with Gasteiger partial charge in [0.05, 0.1) is 35.9 Å². The monoisotopic (exact) mass is 291 g/mol. The molecule has 19 heavy (non-hydrogen) atoms. The lowest BCUT2D eigenvalue weighted by atomic mass is 10.3. The van der Waals surface area contributed by atoms with Gasteiger partial charge in [0.1, 0.15) is 5.75 Å². The van der Waals surface area contributed by atoms with E-state index in [4.69, 9.17) is 17.0 Å². The van der Waals surface area contributed by atoms with Gasteiger partial charge < -0.3 is 14.3 Å². The summed E-state index contributed by atoms with van der Waals surface area (Å²) in [5.41, 5.74) is 5.01. The minimum absolute atomic E-state index is 0.719. The fourth-order valence-electron chi connectivity index (χ4n) is 2.05. The number of benzene rings is 1. The molecule has 0 atom stereocenters. The number of nitrogens with zero attached hydrogens (tertiary/aromatic N) is 2.